The molecule has 0 aliphatic rings. The standard InChI is InChI=1S/C12H6N4O8S2/c17-13(18)7-3-1-5-9(11(7)15(21)22)25-26-10-6-2-4-8(14(19)20)12(10)16(23)24/h1-6H. The molecule has 0 aromatic heterocycles. The maximum absolute atomic E-state index is 11.2. The molecule has 2 rings (SSSR count). The van der Waals surface area contributed by atoms with Crippen LogP contribution in [0.5, 0.6) is 0 Å². The molecule has 0 saturated carbocycles. The maximum Gasteiger partial charge on any atom is 0.360 e. The molecule has 26 heavy (non-hydrogen) atoms. The predicted octanol–water partition coefficient (Wildman–Crippen LogP) is 4.12. The van der Waals surface area contributed by atoms with Crippen LogP contribution in [-0.2, 0) is 0 Å². The van der Waals surface area contributed by atoms with E-state index in [4.69, 9.17) is 0 Å². The second-order valence-electron chi connectivity index (χ2n) is 4.44. The molecule has 0 saturated heterocycles. The van der Waals surface area contributed by atoms with Gasteiger partial charge in [-0.3, -0.25) is 40.5 Å². The summed E-state index contributed by atoms with van der Waals surface area (Å²) in [6.07, 6.45) is 0. The molecule has 14 heteroatoms. The Balaban J connectivity index is 2.45. The maximum atomic E-state index is 11.2. The van der Waals surface area contributed by atoms with E-state index in [2.05, 4.69) is 0 Å². The molecule has 2 aromatic rings. The van der Waals surface area contributed by atoms with Crippen molar-refractivity contribution in [2.75, 3.05) is 0 Å². The van der Waals surface area contributed by atoms with E-state index in [-0.39, 0.29) is 9.79 Å². The normalized spacial score (nSPS) is 10.3. The fraction of sp³-hybridized carbons (Fsp3) is 0. The third kappa shape index (κ3) is 3.86. The fourth-order valence-corrected chi connectivity index (χ4v) is 4.22. The van der Waals surface area contributed by atoms with Crippen molar-refractivity contribution in [1.29, 1.82) is 0 Å². The first kappa shape index (κ1) is 19.1. The van der Waals surface area contributed by atoms with Gasteiger partial charge >= 0.3 is 22.7 Å². The number of hydrogen-bond donors (Lipinski definition) is 0. The third-order valence-corrected chi connectivity index (χ3v) is 5.36. The topological polar surface area (TPSA) is 173 Å². The smallest absolute Gasteiger partial charge is 0.258 e. The van der Waals surface area contributed by atoms with Gasteiger partial charge in [0.2, 0.25) is 0 Å². The Morgan fingerprint density at radius 2 is 0.923 bits per heavy atom. The number of para-hydroxylation sites is 2. The number of rotatable bonds is 7. The first-order valence-corrected chi connectivity index (χ1v) is 8.57. The van der Waals surface area contributed by atoms with Crippen LogP contribution in [-0.4, -0.2) is 19.7 Å². The summed E-state index contributed by atoms with van der Waals surface area (Å²) in [7, 11) is 1.31. The van der Waals surface area contributed by atoms with Crippen LogP contribution >= 0.6 is 21.6 Å². The summed E-state index contributed by atoms with van der Waals surface area (Å²) in [5.74, 6) is 0. The zero-order valence-corrected chi connectivity index (χ0v) is 14.0. The lowest BCUT2D eigenvalue weighted by molar-refractivity contribution is -0.424. The monoisotopic (exact) mass is 398 g/mol. The van der Waals surface area contributed by atoms with E-state index >= 15 is 0 Å². The number of hydrogen-bond acceptors (Lipinski definition) is 10. The highest BCUT2D eigenvalue weighted by Crippen LogP contribution is 2.48. The Morgan fingerprint density at radius 3 is 1.19 bits per heavy atom. The summed E-state index contributed by atoms with van der Waals surface area (Å²) in [4.78, 5) is 40.3. The molecule has 0 fully saturated rings. The van der Waals surface area contributed by atoms with Crippen molar-refractivity contribution >= 4 is 44.3 Å². The first-order chi connectivity index (χ1) is 12.2. The van der Waals surface area contributed by atoms with Crippen LogP contribution in [0.25, 0.3) is 0 Å². The van der Waals surface area contributed by atoms with Crippen molar-refractivity contribution in [3.05, 3.63) is 76.9 Å². The Morgan fingerprint density at radius 1 is 0.577 bits per heavy atom. The summed E-state index contributed by atoms with van der Waals surface area (Å²) >= 11 is 0. The molecule has 0 spiro atoms. The number of nitrogens with zero attached hydrogens (tertiary/aromatic N) is 4. The molecule has 2 aromatic carbocycles. The van der Waals surface area contributed by atoms with Gasteiger partial charge < -0.3 is 0 Å². The zero-order valence-electron chi connectivity index (χ0n) is 12.3. The van der Waals surface area contributed by atoms with Crippen LogP contribution in [0, 0.1) is 40.5 Å². The van der Waals surface area contributed by atoms with Gasteiger partial charge in [0.15, 0.2) is 0 Å². The van der Waals surface area contributed by atoms with Crippen molar-refractivity contribution in [1.82, 2.24) is 0 Å². The second kappa shape index (κ2) is 7.75. The van der Waals surface area contributed by atoms with Gasteiger partial charge in [-0.05, 0) is 33.7 Å². The van der Waals surface area contributed by atoms with Gasteiger partial charge in [0.1, 0.15) is 9.79 Å². The largest absolute Gasteiger partial charge is 0.360 e. The molecule has 0 N–H and O–H groups in total. The van der Waals surface area contributed by atoms with Crippen molar-refractivity contribution in [2.24, 2.45) is 0 Å². The molecule has 0 aliphatic heterocycles. The lowest BCUT2D eigenvalue weighted by Crippen LogP contribution is -1.98. The van der Waals surface area contributed by atoms with Crippen molar-refractivity contribution < 1.29 is 19.7 Å². The van der Waals surface area contributed by atoms with Crippen LogP contribution in [0.3, 0.4) is 0 Å². The van der Waals surface area contributed by atoms with E-state index < -0.39 is 42.4 Å². The molecule has 12 nitrogen and oxygen atoms in total. The number of nitro groups is 4. The number of nitro benzene ring substituents is 4. The summed E-state index contributed by atoms with van der Waals surface area (Å²) in [5, 5.41) is 44.2. The quantitative estimate of drug-likeness (QED) is 0.375. The summed E-state index contributed by atoms with van der Waals surface area (Å²) in [5.41, 5.74) is -2.98. The summed E-state index contributed by atoms with van der Waals surface area (Å²) in [6, 6.07) is 6.87. The minimum absolute atomic E-state index is 0.116. The predicted molar refractivity (Wildman–Crippen MR) is 91.2 cm³/mol. The highest BCUT2D eigenvalue weighted by molar-refractivity contribution is 8.76. The fourth-order valence-electron chi connectivity index (χ4n) is 1.91. The molecular weight excluding hydrogens is 392 g/mol. The highest BCUT2D eigenvalue weighted by Gasteiger charge is 2.31. The highest BCUT2D eigenvalue weighted by atomic mass is 33.1. The van der Waals surface area contributed by atoms with Gasteiger partial charge in [0, 0.05) is 12.1 Å². The van der Waals surface area contributed by atoms with Crippen LogP contribution in [0.4, 0.5) is 22.7 Å². The van der Waals surface area contributed by atoms with Gasteiger partial charge in [0.25, 0.3) is 0 Å². The average molecular weight is 398 g/mol. The van der Waals surface area contributed by atoms with Gasteiger partial charge in [-0.25, -0.2) is 0 Å². The zero-order chi connectivity index (χ0) is 19.4. The van der Waals surface area contributed by atoms with E-state index in [0.29, 0.717) is 21.6 Å². The second-order valence-corrected chi connectivity index (χ2v) is 6.66. The molecule has 0 amide bonds. The van der Waals surface area contributed by atoms with Gasteiger partial charge in [0.05, 0.1) is 19.7 Å². The SMILES string of the molecule is O=[N+]([O-])c1cccc(SSc2cccc([N+](=O)[O-])c2[N+](=O)[O-])c1[N+](=O)[O-]. The van der Waals surface area contributed by atoms with Gasteiger partial charge in [-0.15, -0.1) is 0 Å². The summed E-state index contributed by atoms with van der Waals surface area (Å²) < 4.78 is 0. The molecule has 0 unspecified atom stereocenters. The Labute approximate surface area is 151 Å². The van der Waals surface area contributed by atoms with Gasteiger partial charge in [-0.1, -0.05) is 12.1 Å². The molecule has 0 radical (unpaired) electrons. The molecule has 0 atom stereocenters. The van der Waals surface area contributed by atoms with E-state index in [1.54, 1.807) is 0 Å². The van der Waals surface area contributed by atoms with Crippen molar-refractivity contribution in [3.8, 4) is 0 Å². The molecule has 0 aliphatic carbocycles. The minimum Gasteiger partial charge on any atom is -0.258 e. The Kier molecular flexibility index (Phi) is 5.68. The van der Waals surface area contributed by atoms with Crippen LogP contribution in [0.1, 0.15) is 0 Å². The summed E-state index contributed by atoms with van der Waals surface area (Å²) in [6.45, 7) is 0. The van der Waals surface area contributed by atoms with E-state index in [1.807, 2.05) is 0 Å². The van der Waals surface area contributed by atoms with E-state index in [1.165, 1.54) is 24.3 Å². The first-order valence-electron chi connectivity index (χ1n) is 6.42. The van der Waals surface area contributed by atoms with E-state index in [0.717, 1.165) is 12.1 Å². The minimum atomic E-state index is -0.928. The van der Waals surface area contributed by atoms with Crippen molar-refractivity contribution in [2.45, 2.75) is 9.79 Å². The Bertz CT molecular complexity index is 860. The van der Waals surface area contributed by atoms with Gasteiger partial charge in [-0.2, -0.15) is 0 Å². The molecule has 134 valence electrons. The lowest BCUT2D eigenvalue weighted by Gasteiger charge is -2.04. The van der Waals surface area contributed by atoms with E-state index in [9.17, 15) is 40.5 Å². The van der Waals surface area contributed by atoms with Crippen molar-refractivity contribution in [3.63, 3.8) is 0 Å². The molecule has 0 heterocycles. The average Bonchev–Trinajstić information content (AvgIpc) is 2.58. The van der Waals surface area contributed by atoms with Crippen LogP contribution in [0.15, 0.2) is 46.2 Å². The Hall–Kier alpha value is -3.26. The van der Waals surface area contributed by atoms with Crippen LogP contribution in [0.2, 0.25) is 0 Å². The number of benzene rings is 2. The third-order valence-electron chi connectivity index (χ3n) is 2.94. The molecule has 0 bridgehead atoms. The molecular formula is C12H6N4O8S2. The van der Waals surface area contributed by atoms with Crippen LogP contribution < -0.4 is 0 Å². The lowest BCUT2D eigenvalue weighted by atomic mass is 10.3.